The molecule has 4 nitrogen and oxygen atoms in total. The molecule has 0 saturated heterocycles. The van der Waals surface area contributed by atoms with Gasteiger partial charge in [-0.25, -0.2) is 4.39 Å². The topological polar surface area (TPSA) is 55.1 Å². The van der Waals surface area contributed by atoms with Crippen LogP contribution in [0.3, 0.4) is 0 Å². The zero-order chi connectivity index (χ0) is 17.9. The van der Waals surface area contributed by atoms with Crippen LogP contribution in [0, 0.1) is 5.82 Å². The van der Waals surface area contributed by atoms with E-state index in [9.17, 15) is 9.18 Å². The SMILES string of the molecule is O=C(NCc1cc(-c2ccc(F)cc2)on1)c1ccc2ccccc2c1. The molecule has 0 fully saturated rings. The lowest BCUT2D eigenvalue weighted by Crippen LogP contribution is -2.22. The lowest BCUT2D eigenvalue weighted by Gasteiger charge is -2.04. The van der Waals surface area contributed by atoms with Gasteiger partial charge in [0.2, 0.25) is 0 Å². The summed E-state index contributed by atoms with van der Waals surface area (Å²) in [7, 11) is 0. The molecule has 1 aromatic heterocycles. The van der Waals surface area contributed by atoms with Gasteiger partial charge in [0.05, 0.1) is 6.54 Å². The summed E-state index contributed by atoms with van der Waals surface area (Å²) in [5.74, 6) is 0.0400. The number of halogens is 1. The van der Waals surface area contributed by atoms with E-state index in [0.717, 1.165) is 16.3 Å². The summed E-state index contributed by atoms with van der Waals surface area (Å²) in [4.78, 5) is 12.4. The molecule has 5 heteroatoms. The number of hydrogen-bond donors (Lipinski definition) is 1. The molecule has 4 rings (SSSR count). The highest BCUT2D eigenvalue weighted by atomic mass is 19.1. The van der Waals surface area contributed by atoms with E-state index in [1.165, 1.54) is 12.1 Å². The molecule has 0 atom stereocenters. The van der Waals surface area contributed by atoms with Crippen molar-refractivity contribution in [2.24, 2.45) is 0 Å². The van der Waals surface area contributed by atoms with Crippen molar-refractivity contribution in [3.8, 4) is 11.3 Å². The molecule has 0 aliphatic rings. The van der Waals surface area contributed by atoms with Crippen LogP contribution in [0.25, 0.3) is 22.1 Å². The highest BCUT2D eigenvalue weighted by molar-refractivity contribution is 5.98. The van der Waals surface area contributed by atoms with E-state index in [1.807, 2.05) is 36.4 Å². The monoisotopic (exact) mass is 346 g/mol. The maximum Gasteiger partial charge on any atom is 0.251 e. The molecule has 0 aliphatic carbocycles. The number of nitrogens with one attached hydrogen (secondary N) is 1. The smallest absolute Gasteiger partial charge is 0.251 e. The summed E-state index contributed by atoms with van der Waals surface area (Å²) in [5, 5.41) is 8.88. The van der Waals surface area contributed by atoms with Crippen LogP contribution in [0.5, 0.6) is 0 Å². The Morgan fingerprint density at radius 1 is 0.962 bits per heavy atom. The third-order valence-electron chi connectivity index (χ3n) is 4.13. The second-order valence-electron chi connectivity index (χ2n) is 5.93. The molecule has 0 radical (unpaired) electrons. The molecular formula is C21H15FN2O2. The molecular weight excluding hydrogens is 331 g/mol. The summed E-state index contributed by atoms with van der Waals surface area (Å²) >= 11 is 0. The number of nitrogens with zero attached hydrogens (tertiary/aromatic N) is 1. The van der Waals surface area contributed by atoms with E-state index in [0.29, 0.717) is 17.0 Å². The van der Waals surface area contributed by atoms with Crippen molar-refractivity contribution >= 4 is 16.7 Å². The van der Waals surface area contributed by atoms with Gasteiger partial charge in [0.15, 0.2) is 5.76 Å². The minimum Gasteiger partial charge on any atom is -0.356 e. The Kier molecular flexibility index (Phi) is 4.19. The molecule has 0 unspecified atom stereocenters. The molecule has 128 valence electrons. The van der Waals surface area contributed by atoms with Crippen LogP contribution in [0.4, 0.5) is 4.39 Å². The van der Waals surface area contributed by atoms with Crippen molar-refractivity contribution in [2.75, 3.05) is 0 Å². The quantitative estimate of drug-likeness (QED) is 0.589. The van der Waals surface area contributed by atoms with Crippen molar-refractivity contribution in [3.05, 3.63) is 89.9 Å². The lowest BCUT2D eigenvalue weighted by atomic mass is 10.1. The maximum atomic E-state index is 13.0. The third kappa shape index (κ3) is 3.32. The summed E-state index contributed by atoms with van der Waals surface area (Å²) in [6.07, 6.45) is 0. The van der Waals surface area contributed by atoms with Gasteiger partial charge in [0.1, 0.15) is 11.5 Å². The van der Waals surface area contributed by atoms with Crippen LogP contribution in [-0.4, -0.2) is 11.1 Å². The van der Waals surface area contributed by atoms with Gasteiger partial charge >= 0.3 is 0 Å². The second-order valence-corrected chi connectivity index (χ2v) is 5.93. The Balaban J connectivity index is 1.45. The van der Waals surface area contributed by atoms with Crippen LogP contribution < -0.4 is 5.32 Å². The van der Waals surface area contributed by atoms with E-state index in [2.05, 4.69) is 10.5 Å². The van der Waals surface area contributed by atoms with E-state index in [1.54, 1.807) is 24.3 Å². The van der Waals surface area contributed by atoms with Crippen LogP contribution in [-0.2, 0) is 6.54 Å². The Hall–Kier alpha value is -3.47. The highest BCUT2D eigenvalue weighted by Gasteiger charge is 2.10. The molecule has 0 bridgehead atoms. The molecule has 1 heterocycles. The normalized spacial score (nSPS) is 10.8. The van der Waals surface area contributed by atoms with Crippen LogP contribution >= 0.6 is 0 Å². The number of rotatable bonds is 4. The van der Waals surface area contributed by atoms with Crippen LogP contribution in [0.15, 0.2) is 77.3 Å². The van der Waals surface area contributed by atoms with Gasteiger partial charge in [-0.3, -0.25) is 4.79 Å². The number of carbonyl (C=O) groups excluding carboxylic acids is 1. The van der Waals surface area contributed by atoms with E-state index >= 15 is 0 Å². The molecule has 26 heavy (non-hydrogen) atoms. The number of benzene rings is 3. The Bertz CT molecular complexity index is 1070. The predicted octanol–water partition coefficient (Wildman–Crippen LogP) is 4.56. The second kappa shape index (κ2) is 6.80. The summed E-state index contributed by atoms with van der Waals surface area (Å²) in [5.41, 5.74) is 1.91. The predicted molar refractivity (Wildman–Crippen MR) is 97.0 cm³/mol. The molecule has 4 aromatic rings. The zero-order valence-electron chi connectivity index (χ0n) is 13.8. The van der Waals surface area contributed by atoms with Crippen molar-refractivity contribution in [1.82, 2.24) is 10.5 Å². The van der Waals surface area contributed by atoms with Gasteiger partial charge in [-0.15, -0.1) is 0 Å². The fraction of sp³-hybridized carbons (Fsp3) is 0.0476. The summed E-state index contributed by atoms with van der Waals surface area (Å²) in [6, 6.07) is 21.1. The Morgan fingerprint density at radius 2 is 1.73 bits per heavy atom. The van der Waals surface area contributed by atoms with Gasteiger partial charge in [-0.1, -0.05) is 35.5 Å². The first-order valence-electron chi connectivity index (χ1n) is 8.17. The number of aromatic nitrogens is 1. The number of hydrogen-bond acceptors (Lipinski definition) is 3. The largest absolute Gasteiger partial charge is 0.356 e. The average Bonchev–Trinajstić information content (AvgIpc) is 3.15. The molecule has 1 N–H and O–H groups in total. The Labute approximate surface area is 149 Å². The fourth-order valence-corrected chi connectivity index (χ4v) is 2.75. The van der Waals surface area contributed by atoms with Crippen LogP contribution in [0.1, 0.15) is 16.1 Å². The number of fused-ring (bicyclic) bond motifs is 1. The van der Waals surface area contributed by atoms with Crippen molar-refractivity contribution < 1.29 is 13.7 Å². The average molecular weight is 346 g/mol. The van der Waals surface area contributed by atoms with E-state index < -0.39 is 0 Å². The molecule has 0 saturated carbocycles. The van der Waals surface area contributed by atoms with Gasteiger partial charge in [0.25, 0.3) is 5.91 Å². The highest BCUT2D eigenvalue weighted by Crippen LogP contribution is 2.21. The van der Waals surface area contributed by atoms with Gasteiger partial charge in [0, 0.05) is 17.2 Å². The minimum atomic E-state index is -0.309. The number of carbonyl (C=O) groups is 1. The first-order valence-corrected chi connectivity index (χ1v) is 8.17. The first-order chi connectivity index (χ1) is 12.7. The maximum absolute atomic E-state index is 13.0. The molecule has 3 aromatic carbocycles. The van der Waals surface area contributed by atoms with Crippen molar-refractivity contribution in [2.45, 2.75) is 6.54 Å². The third-order valence-corrected chi connectivity index (χ3v) is 4.13. The summed E-state index contributed by atoms with van der Waals surface area (Å²) < 4.78 is 18.2. The molecule has 0 aliphatic heterocycles. The number of amides is 1. The van der Waals surface area contributed by atoms with Crippen molar-refractivity contribution in [1.29, 1.82) is 0 Å². The van der Waals surface area contributed by atoms with Crippen molar-refractivity contribution in [3.63, 3.8) is 0 Å². The summed E-state index contributed by atoms with van der Waals surface area (Å²) in [6.45, 7) is 0.246. The van der Waals surface area contributed by atoms with E-state index in [4.69, 9.17) is 4.52 Å². The zero-order valence-corrected chi connectivity index (χ0v) is 13.8. The van der Waals surface area contributed by atoms with Gasteiger partial charge in [-0.05, 0) is 47.2 Å². The molecule has 0 spiro atoms. The first kappa shape index (κ1) is 16.0. The van der Waals surface area contributed by atoms with Gasteiger partial charge < -0.3 is 9.84 Å². The lowest BCUT2D eigenvalue weighted by molar-refractivity contribution is 0.0950. The van der Waals surface area contributed by atoms with Gasteiger partial charge in [-0.2, -0.15) is 0 Å². The standard InChI is InChI=1S/C21H15FN2O2/c22-18-9-7-15(8-10-18)20-12-19(24-26-20)13-23-21(25)17-6-5-14-3-1-2-4-16(14)11-17/h1-12H,13H2,(H,23,25). The molecule has 1 amide bonds. The fourth-order valence-electron chi connectivity index (χ4n) is 2.75. The van der Waals surface area contributed by atoms with E-state index in [-0.39, 0.29) is 18.3 Å². The Morgan fingerprint density at radius 3 is 2.54 bits per heavy atom. The minimum absolute atomic E-state index is 0.179. The van der Waals surface area contributed by atoms with Crippen LogP contribution in [0.2, 0.25) is 0 Å².